The van der Waals surface area contributed by atoms with E-state index in [1.165, 1.54) is 24.9 Å². The predicted octanol–water partition coefficient (Wildman–Crippen LogP) is 4.14. The number of nitrogen functional groups attached to an aromatic ring is 1. The number of benzene rings is 1. The van der Waals surface area contributed by atoms with Gasteiger partial charge in [-0.3, -0.25) is 15.1 Å². The Hall–Kier alpha value is -3.94. The zero-order valence-electron chi connectivity index (χ0n) is 17.0. The second-order valence-electron chi connectivity index (χ2n) is 8.00. The Morgan fingerprint density at radius 2 is 1.87 bits per heavy atom. The summed E-state index contributed by atoms with van der Waals surface area (Å²) in [5.41, 5.74) is 13.0. The number of fused-ring (bicyclic) bond motifs is 2. The molecule has 6 rings (SSSR count). The Morgan fingerprint density at radius 3 is 2.74 bits per heavy atom. The van der Waals surface area contributed by atoms with Crippen molar-refractivity contribution in [1.82, 2.24) is 30.1 Å². The summed E-state index contributed by atoms with van der Waals surface area (Å²) in [5.74, 6) is 0.744. The molecular formula is C23H22N8. The Morgan fingerprint density at radius 1 is 0.968 bits per heavy atom. The molecule has 0 bridgehead atoms. The number of H-pyrrole nitrogens is 2. The Balaban J connectivity index is 1.46. The van der Waals surface area contributed by atoms with Crippen molar-refractivity contribution in [2.24, 2.45) is 0 Å². The van der Waals surface area contributed by atoms with Crippen molar-refractivity contribution in [2.75, 3.05) is 23.7 Å². The first-order chi connectivity index (χ1) is 15.3. The average Bonchev–Trinajstić information content (AvgIpc) is 3.43. The quantitative estimate of drug-likeness (QED) is 0.412. The third-order valence-corrected chi connectivity index (χ3v) is 5.91. The molecule has 31 heavy (non-hydrogen) atoms. The van der Waals surface area contributed by atoms with Gasteiger partial charge in [0.2, 0.25) is 0 Å². The summed E-state index contributed by atoms with van der Waals surface area (Å²) in [5, 5.41) is 8.57. The van der Waals surface area contributed by atoms with E-state index in [4.69, 9.17) is 10.7 Å². The van der Waals surface area contributed by atoms with Gasteiger partial charge in [0.1, 0.15) is 11.2 Å². The number of nitrogens with two attached hydrogens (primary N) is 1. The van der Waals surface area contributed by atoms with Crippen molar-refractivity contribution < 1.29 is 0 Å². The highest BCUT2D eigenvalue weighted by molar-refractivity contribution is 5.96. The van der Waals surface area contributed by atoms with E-state index in [0.717, 1.165) is 57.8 Å². The molecule has 5 heterocycles. The zero-order chi connectivity index (χ0) is 20.8. The number of anilines is 2. The molecule has 0 atom stereocenters. The van der Waals surface area contributed by atoms with Crippen LogP contribution in [0.1, 0.15) is 19.3 Å². The third-order valence-electron chi connectivity index (χ3n) is 5.91. The van der Waals surface area contributed by atoms with Crippen molar-refractivity contribution in [2.45, 2.75) is 19.3 Å². The van der Waals surface area contributed by atoms with E-state index in [0.29, 0.717) is 5.69 Å². The molecular weight excluding hydrogens is 388 g/mol. The molecule has 0 radical (unpaired) electrons. The summed E-state index contributed by atoms with van der Waals surface area (Å²) in [6.07, 6.45) is 8.93. The normalized spacial score (nSPS) is 14.5. The smallest absolute Gasteiger partial charge is 0.159 e. The van der Waals surface area contributed by atoms with Crippen molar-refractivity contribution in [3.63, 3.8) is 0 Å². The lowest BCUT2D eigenvalue weighted by Crippen LogP contribution is -2.29. The summed E-state index contributed by atoms with van der Waals surface area (Å²) in [7, 11) is 0. The molecule has 4 aromatic heterocycles. The number of aromatic nitrogens is 6. The Kier molecular flexibility index (Phi) is 4.09. The van der Waals surface area contributed by atoms with Crippen LogP contribution >= 0.6 is 0 Å². The standard InChI is InChI=1S/C23H22N8/c24-15-9-14(11-25-12-15)18-10-16-19(13-26-18)29-30-21(16)23-27-17-5-4-6-20(22(17)28-23)31-7-2-1-3-8-31/h4-6,9-13H,1-3,7-8,24H2,(H,27,28)(H,29,30). The summed E-state index contributed by atoms with van der Waals surface area (Å²) < 4.78 is 0. The summed E-state index contributed by atoms with van der Waals surface area (Å²) in [4.78, 5) is 19.6. The van der Waals surface area contributed by atoms with Crippen molar-refractivity contribution >= 4 is 33.3 Å². The van der Waals surface area contributed by atoms with Gasteiger partial charge in [0, 0.05) is 36.4 Å². The molecule has 0 aliphatic carbocycles. The molecule has 0 saturated carbocycles. The average molecular weight is 410 g/mol. The van der Waals surface area contributed by atoms with E-state index >= 15 is 0 Å². The second-order valence-corrected chi connectivity index (χ2v) is 8.00. The van der Waals surface area contributed by atoms with E-state index in [-0.39, 0.29) is 0 Å². The number of nitrogens with one attached hydrogen (secondary N) is 2. The molecule has 0 spiro atoms. The van der Waals surface area contributed by atoms with Crippen LogP contribution in [0.15, 0.2) is 48.9 Å². The van der Waals surface area contributed by atoms with Gasteiger partial charge in [-0.2, -0.15) is 5.10 Å². The third kappa shape index (κ3) is 3.07. The van der Waals surface area contributed by atoms with Crippen molar-refractivity contribution in [3.8, 4) is 22.8 Å². The minimum atomic E-state index is 0.606. The summed E-state index contributed by atoms with van der Waals surface area (Å²) >= 11 is 0. The fourth-order valence-electron chi connectivity index (χ4n) is 4.37. The lowest BCUT2D eigenvalue weighted by molar-refractivity contribution is 0.579. The maximum atomic E-state index is 5.90. The van der Waals surface area contributed by atoms with E-state index < -0.39 is 0 Å². The number of nitrogens with zero attached hydrogens (tertiary/aromatic N) is 5. The van der Waals surface area contributed by atoms with Gasteiger partial charge in [-0.1, -0.05) is 6.07 Å². The van der Waals surface area contributed by atoms with E-state index in [9.17, 15) is 0 Å². The highest BCUT2D eigenvalue weighted by Gasteiger charge is 2.19. The molecule has 1 aromatic carbocycles. The fraction of sp³-hybridized carbons (Fsp3) is 0.217. The van der Waals surface area contributed by atoms with Crippen LogP contribution in [0.4, 0.5) is 11.4 Å². The first kappa shape index (κ1) is 17.9. The first-order valence-corrected chi connectivity index (χ1v) is 10.6. The van der Waals surface area contributed by atoms with E-state index in [1.54, 1.807) is 18.6 Å². The Bertz CT molecular complexity index is 1390. The highest BCUT2D eigenvalue weighted by Crippen LogP contribution is 2.32. The number of hydrogen-bond donors (Lipinski definition) is 3. The lowest BCUT2D eigenvalue weighted by Gasteiger charge is -2.28. The molecule has 8 heteroatoms. The number of imidazole rings is 1. The molecule has 1 aliphatic heterocycles. The van der Waals surface area contributed by atoms with Gasteiger partial charge < -0.3 is 15.6 Å². The van der Waals surface area contributed by atoms with Crippen LogP contribution in [-0.2, 0) is 0 Å². The van der Waals surface area contributed by atoms with Crippen molar-refractivity contribution in [1.29, 1.82) is 0 Å². The number of aromatic amines is 2. The minimum absolute atomic E-state index is 0.606. The van der Waals surface area contributed by atoms with Crippen LogP contribution in [-0.4, -0.2) is 43.2 Å². The lowest BCUT2D eigenvalue weighted by atomic mass is 10.1. The largest absolute Gasteiger partial charge is 0.397 e. The van der Waals surface area contributed by atoms with Crippen molar-refractivity contribution in [3.05, 3.63) is 48.9 Å². The maximum Gasteiger partial charge on any atom is 0.159 e. The van der Waals surface area contributed by atoms with Crippen LogP contribution < -0.4 is 10.6 Å². The first-order valence-electron chi connectivity index (χ1n) is 10.6. The number of para-hydroxylation sites is 1. The zero-order valence-corrected chi connectivity index (χ0v) is 17.0. The second kappa shape index (κ2) is 7.09. The topological polar surface area (TPSA) is 112 Å². The van der Waals surface area contributed by atoms with Crippen LogP contribution in [0.3, 0.4) is 0 Å². The molecule has 1 saturated heterocycles. The Labute approximate surface area is 178 Å². The van der Waals surface area contributed by atoms with Crippen LogP contribution in [0.25, 0.3) is 44.7 Å². The van der Waals surface area contributed by atoms with Crippen LogP contribution in [0.2, 0.25) is 0 Å². The van der Waals surface area contributed by atoms with Gasteiger partial charge in [0.25, 0.3) is 0 Å². The van der Waals surface area contributed by atoms with Gasteiger partial charge in [-0.05, 0) is 43.5 Å². The fourth-order valence-corrected chi connectivity index (χ4v) is 4.37. The molecule has 4 N–H and O–H groups in total. The number of hydrogen-bond acceptors (Lipinski definition) is 6. The minimum Gasteiger partial charge on any atom is -0.397 e. The predicted molar refractivity (Wildman–Crippen MR) is 123 cm³/mol. The monoisotopic (exact) mass is 410 g/mol. The van der Waals surface area contributed by atoms with Gasteiger partial charge >= 0.3 is 0 Å². The highest BCUT2D eigenvalue weighted by atomic mass is 15.2. The summed E-state index contributed by atoms with van der Waals surface area (Å²) in [6, 6.07) is 10.2. The van der Waals surface area contributed by atoms with E-state index in [2.05, 4.69) is 48.2 Å². The van der Waals surface area contributed by atoms with Crippen LogP contribution in [0.5, 0.6) is 0 Å². The molecule has 5 aromatic rings. The molecule has 1 aliphatic rings. The van der Waals surface area contributed by atoms with Gasteiger partial charge in [-0.15, -0.1) is 0 Å². The molecule has 0 unspecified atom stereocenters. The number of pyridine rings is 2. The maximum absolute atomic E-state index is 5.90. The van der Waals surface area contributed by atoms with E-state index in [1.807, 2.05) is 12.1 Å². The molecule has 8 nitrogen and oxygen atoms in total. The number of piperidine rings is 1. The number of rotatable bonds is 3. The molecule has 0 amide bonds. The van der Waals surface area contributed by atoms with Gasteiger partial charge in [0.05, 0.1) is 34.3 Å². The van der Waals surface area contributed by atoms with Gasteiger partial charge in [0.15, 0.2) is 5.82 Å². The van der Waals surface area contributed by atoms with Gasteiger partial charge in [-0.25, -0.2) is 4.98 Å². The SMILES string of the molecule is Nc1cncc(-c2cc3c(-c4nc5c(N6CCCCC6)cccc5[nH]4)n[nH]c3cn2)c1. The molecule has 1 fully saturated rings. The van der Waals surface area contributed by atoms with Crippen LogP contribution in [0, 0.1) is 0 Å². The molecule has 154 valence electrons. The summed E-state index contributed by atoms with van der Waals surface area (Å²) in [6.45, 7) is 2.16.